The topological polar surface area (TPSA) is 83.9 Å². The Morgan fingerprint density at radius 3 is 2.47 bits per heavy atom. The molecule has 0 unspecified atom stereocenters. The van der Waals surface area contributed by atoms with Crippen LogP contribution in [-0.2, 0) is 25.3 Å². The van der Waals surface area contributed by atoms with E-state index >= 15 is 0 Å². The third kappa shape index (κ3) is 6.34. The van der Waals surface area contributed by atoms with E-state index in [2.05, 4.69) is 52.9 Å². The molecule has 1 aliphatic carbocycles. The number of anilines is 3. The lowest BCUT2D eigenvalue weighted by molar-refractivity contribution is 0.262. The Kier molecular flexibility index (Phi) is 6.86. The van der Waals surface area contributed by atoms with Crippen LogP contribution >= 0.6 is 0 Å². The van der Waals surface area contributed by atoms with Crippen LogP contribution in [0.1, 0.15) is 50.4 Å². The molecule has 8 heteroatoms. The standard InChI is InChI=1S/C26H33FN6O/c1-26(2,3)22-15-24(33(4)32-22)31-25(34)30-21-10-9-17(13-20(21)27)5-6-18-11-12-28-23(14-18)29-16-19-7-8-19/h9-15,19H,5-8,16H2,1-4H3,(H,28,29)(H2,30,31,34). The summed E-state index contributed by atoms with van der Waals surface area (Å²) in [6.07, 6.45) is 5.88. The van der Waals surface area contributed by atoms with E-state index in [4.69, 9.17) is 0 Å². The second-order valence-corrected chi connectivity index (χ2v) is 10.1. The van der Waals surface area contributed by atoms with Crippen molar-refractivity contribution >= 4 is 23.4 Å². The molecule has 0 aliphatic heterocycles. The van der Waals surface area contributed by atoms with Crippen molar-refractivity contribution in [1.29, 1.82) is 0 Å². The van der Waals surface area contributed by atoms with Crippen molar-refractivity contribution in [2.24, 2.45) is 13.0 Å². The van der Waals surface area contributed by atoms with Gasteiger partial charge in [-0.05, 0) is 67.0 Å². The van der Waals surface area contributed by atoms with Gasteiger partial charge in [-0.15, -0.1) is 0 Å². The summed E-state index contributed by atoms with van der Waals surface area (Å²) in [6, 6.07) is 10.3. The van der Waals surface area contributed by atoms with Crippen LogP contribution in [0, 0.1) is 11.7 Å². The Hall–Kier alpha value is -3.42. The average Bonchev–Trinajstić information content (AvgIpc) is 3.54. The van der Waals surface area contributed by atoms with Gasteiger partial charge in [-0.1, -0.05) is 26.8 Å². The molecule has 0 radical (unpaired) electrons. The molecule has 0 saturated heterocycles. The van der Waals surface area contributed by atoms with Crippen LogP contribution < -0.4 is 16.0 Å². The zero-order valence-electron chi connectivity index (χ0n) is 20.3. The van der Waals surface area contributed by atoms with E-state index in [1.165, 1.54) is 18.9 Å². The minimum absolute atomic E-state index is 0.134. The molecule has 1 aliphatic rings. The Morgan fingerprint density at radius 1 is 1.09 bits per heavy atom. The van der Waals surface area contributed by atoms with E-state index in [0.29, 0.717) is 12.2 Å². The van der Waals surface area contributed by atoms with Gasteiger partial charge >= 0.3 is 6.03 Å². The summed E-state index contributed by atoms with van der Waals surface area (Å²) < 4.78 is 16.3. The van der Waals surface area contributed by atoms with E-state index < -0.39 is 11.8 Å². The first-order chi connectivity index (χ1) is 16.2. The molecule has 34 heavy (non-hydrogen) atoms. The normalized spacial score (nSPS) is 13.6. The number of nitrogens with one attached hydrogen (secondary N) is 3. The lowest BCUT2D eigenvalue weighted by atomic mass is 9.92. The van der Waals surface area contributed by atoms with Gasteiger partial charge in [0.2, 0.25) is 0 Å². The first-order valence-corrected chi connectivity index (χ1v) is 11.8. The second kappa shape index (κ2) is 9.83. The lowest BCUT2D eigenvalue weighted by Gasteiger charge is -2.13. The van der Waals surface area contributed by atoms with E-state index in [9.17, 15) is 9.18 Å². The number of hydrogen-bond donors (Lipinski definition) is 3. The van der Waals surface area contributed by atoms with E-state index in [1.807, 2.05) is 24.4 Å². The van der Waals surface area contributed by atoms with Crippen LogP contribution in [0.3, 0.4) is 0 Å². The van der Waals surface area contributed by atoms with Crippen LogP contribution in [0.5, 0.6) is 0 Å². The zero-order chi connectivity index (χ0) is 24.3. The molecule has 0 spiro atoms. The van der Waals surface area contributed by atoms with Gasteiger partial charge in [-0.25, -0.2) is 14.2 Å². The highest BCUT2D eigenvalue weighted by Crippen LogP contribution is 2.29. The third-order valence-electron chi connectivity index (χ3n) is 5.97. The SMILES string of the molecule is Cn1nc(C(C)(C)C)cc1NC(=O)Nc1ccc(CCc2ccnc(NCC3CC3)c2)cc1F. The molecular formula is C26H33FN6O. The predicted molar refractivity (Wildman–Crippen MR) is 134 cm³/mol. The highest BCUT2D eigenvalue weighted by molar-refractivity contribution is 5.99. The highest BCUT2D eigenvalue weighted by Gasteiger charge is 2.21. The minimum atomic E-state index is -0.516. The predicted octanol–water partition coefficient (Wildman–Crippen LogP) is 5.50. The molecule has 3 N–H and O–H groups in total. The molecule has 2 aromatic heterocycles. The lowest BCUT2D eigenvalue weighted by Crippen LogP contribution is -2.21. The second-order valence-electron chi connectivity index (χ2n) is 10.1. The average molecular weight is 465 g/mol. The van der Waals surface area contributed by atoms with E-state index in [-0.39, 0.29) is 11.1 Å². The van der Waals surface area contributed by atoms with Crippen LogP contribution in [0.2, 0.25) is 0 Å². The number of benzene rings is 1. The van der Waals surface area contributed by atoms with Gasteiger partial charge in [0.1, 0.15) is 17.5 Å². The number of carbonyl (C=O) groups excluding carboxylic acids is 1. The van der Waals surface area contributed by atoms with Gasteiger partial charge < -0.3 is 10.6 Å². The fourth-order valence-corrected chi connectivity index (χ4v) is 3.62. The Bertz CT molecular complexity index is 1160. The fraction of sp³-hybridized carbons (Fsp3) is 0.423. The minimum Gasteiger partial charge on any atom is -0.370 e. The summed E-state index contributed by atoms with van der Waals surface area (Å²) in [6.45, 7) is 7.13. The van der Waals surface area contributed by atoms with Gasteiger partial charge in [-0.2, -0.15) is 5.10 Å². The number of aromatic nitrogens is 3. The molecule has 7 nitrogen and oxygen atoms in total. The van der Waals surface area contributed by atoms with E-state index in [1.54, 1.807) is 17.8 Å². The number of pyridine rings is 1. The van der Waals surface area contributed by atoms with Gasteiger partial charge in [0, 0.05) is 31.3 Å². The summed E-state index contributed by atoms with van der Waals surface area (Å²) in [5.41, 5.74) is 2.88. The first kappa shape index (κ1) is 23.7. The van der Waals surface area contributed by atoms with Crippen molar-refractivity contribution in [1.82, 2.24) is 14.8 Å². The van der Waals surface area contributed by atoms with Crippen molar-refractivity contribution in [3.05, 3.63) is 65.2 Å². The van der Waals surface area contributed by atoms with Crippen molar-refractivity contribution in [3.63, 3.8) is 0 Å². The van der Waals surface area contributed by atoms with Gasteiger partial charge in [0.15, 0.2) is 0 Å². The number of halogens is 1. The molecule has 1 fully saturated rings. The summed E-state index contributed by atoms with van der Waals surface area (Å²) in [7, 11) is 1.76. The van der Waals surface area contributed by atoms with Crippen molar-refractivity contribution < 1.29 is 9.18 Å². The Labute approximate surface area is 200 Å². The maximum Gasteiger partial charge on any atom is 0.324 e. The summed E-state index contributed by atoms with van der Waals surface area (Å²) in [5, 5.41) is 13.1. The summed E-state index contributed by atoms with van der Waals surface area (Å²) in [5.74, 6) is 1.76. The van der Waals surface area contributed by atoms with Crippen LogP contribution in [0.15, 0.2) is 42.6 Å². The largest absolute Gasteiger partial charge is 0.370 e. The van der Waals surface area contributed by atoms with Gasteiger partial charge in [0.05, 0.1) is 11.4 Å². The summed E-state index contributed by atoms with van der Waals surface area (Å²) in [4.78, 5) is 16.8. The number of hydrogen-bond acceptors (Lipinski definition) is 4. The fourth-order valence-electron chi connectivity index (χ4n) is 3.62. The number of amides is 2. The molecule has 2 heterocycles. The molecule has 1 aromatic carbocycles. The number of urea groups is 1. The number of carbonyl (C=O) groups is 1. The van der Waals surface area contributed by atoms with Gasteiger partial charge in [0.25, 0.3) is 0 Å². The van der Waals surface area contributed by atoms with Crippen LogP contribution in [0.4, 0.5) is 26.5 Å². The molecule has 2 amide bonds. The number of nitrogens with zero attached hydrogens (tertiary/aromatic N) is 3. The number of rotatable bonds is 8. The van der Waals surface area contributed by atoms with Gasteiger partial charge in [-0.3, -0.25) is 10.00 Å². The van der Waals surface area contributed by atoms with Crippen molar-refractivity contribution in [2.75, 3.05) is 22.5 Å². The molecule has 0 atom stereocenters. The van der Waals surface area contributed by atoms with Crippen LogP contribution in [0.25, 0.3) is 0 Å². The van der Waals surface area contributed by atoms with Crippen molar-refractivity contribution in [3.8, 4) is 0 Å². The molecular weight excluding hydrogens is 431 g/mol. The number of aryl methyl sites for hydroxylation is 3. The Morgan fingerprint density at radius 2 is 1.82 bits per heavy atom. The van der Waals surface area contributed by atoms with E-state index in [0.717, 1.165) is 41.5 Å². The first-order valence-electron chi connectivity index (χ1n) is 11.8. The molecule has 0 bridgehead atoms. The van der Waals surface area contributed by atoms with Crippen molar-refractivity contribution in [2.45, 2.75) is 51.9 Å². The smallest absolute Gasteiger partial charge is 0.324 e. The Balaban J connectivity index is 1.32. The maximum atomic E-state index is 14.7. The zero-order valence-corrected chi connectivity index (χ0v) is 20.3. The summed E-state index contributed by atoms with van der Waals surface area (Å²) >= 11 is 0. The molecule has 3 aromatic rings. The molecule has 4 rings (SSSR count). The highest BCUT2D eigenvalue weighted by atomic mass is 19.1. The quantitative estimate of drug-likeness (QED) is 0.411. The third-order valence-corrected chi connectivity index (χ3v) is 5.97. The van der Waals surface area contributed by atoms with Crippen LogP contribution in [-0.4, -0.2) is 27.3 Å². The molecule has 1 saturated carbocycles. The maximum absolute atomic E-state index is 14.7. The monoisotopic (exact) mass is 464 g/mol. The molecule has 180 valence electrons.